The van der Waals surface area contributed by atoms with Gasteiger partial charge in [-0.2, -0.15) is 0 Å². The van der Waals surface area contributed by atoms with Gasteiger partial charge in [-0.1, -0.05) is 6.07 Å². The fourth-order valence-corrected chi connectivity index (χ4v) is 4.96. The van der Waals surface area contributed by atoms with E-state index in [1.165, 1.54) is 9.80 Å². The number of benzene rings is 2. The molecule has 1 aliphatic carbocycles. The minimum absolute atomic E-state index is 0.0326. The summed E-state index contributed by atoms with van der Waals surface area (Å²) in [7, 11) is 0. The van der Waals surface area contributed by atoms with Crippen molar-refractivity contribution in [1.29, 1.82) is 0 Å². The summed E-state index contributed by atoms with van der Waals surface area (Å²) in [6, 6.07) is 7.49. The van der Waals surface area contributed by atoms with Crippen molar-refractivity contribution in [1.82, 2.24) is 15.1 Å². The maximum absolute atomic E-state index is 13.8. The van der Waals surface area contributed by atoms with Gasteiger partial charge in [-0.05, 0) is 74.9 Å². The largest absolute Gasteiger partial charge is 0.350 e. The Bertz CT molecular complexity index is 1130. The molecule has 1 saturated heterocycles. The molecule has 10 heteroatoms. The van der Waals surface area contributed by atoms with Crippen molar-refractivity contribution < 1.29 is 23.2 Å². The lowest BCUT2D eigenvalue weighted by Crippen LogP contribution is -2.56. The summed E-state index contributed by atoms with van der Waals surface area (Å²) in [5.41, 5.74) is 8.22. The molecule has 1 unspecified atom stereocenters. The van der Waals surface area contributed by atoms with Crippen molar-refractivity contribution in [2.45, 2.75) is 57.8 Å². The Balaban J connectivity index is 1.59. The van der Waals surface area contributed by atoms with Crippen LogP contribution in [-0.4, -0.2) is 59.0 Å². The lowest BCUT2D eigenvalue weighted by molar-refractivity contribution is -0.128. The number of nitrogens with two attached hydrogens (primary N) is 1. The first-order valence-electron chi connectivity index (χ1n) is 12.1. The highest BCUT2D eigenvalue weighted by atomic mass is 19.1. The molecule has 0 spiro atoms. The number of hydrogen-bond acceptors (Lipinski definition) is 4. The Morgan fingerprint density at radius 3 is 2.06 bits per heavy atom. The van der Waals surface area contributed by atoms with E-state index >= 15 is 0 Å². The zero-order valence-corrected chi connectivity index (χ0v) is 20.4. The molecule has 192 valence electrons. The van der Waals surface area contributed by atoms with E-state index in [4.69, 9.17) is 5.73 Å². The van der Waals surface area contributed by atoms with E-state index in [1.807, 2.05) is 19.9 Å². The third-order valence-electron chi connectivity index (χ3n) is 6.63. The van der Waals surface area contributed by atoms with Crippen molar-refractivity contribution in [3.63, 3.8) is 0 Å². The number of urea groups is 1. The number of amides is 4. The lowest BCUT2D eigenvalue weighted by Gasteiger charge is -2.32. The van der Waals surface area contributed by atoms with Crippen LogP contribution in [-0.2, 0) is 4.79 Å². The third-order valence-corrected chi connectivity index (χ3v) is 6.63. The molecule has 2 fully saturated rings. The van der Waals surface area contributed by atoms with Gasteiger partial charge in [0.05, 0.1) is 0 Å². The number of aryl methyl sites for hydroxylation is 2. The van der Waals surface area contributed by atoms with Gasteiger partial charge in [0.15, 0.2) is 6.17 Å². The average molecular weight is 500 g/mol. The van der Waals surface area contributed by atoms with Crippen molar-refractivity contribution in [3.05, 3.63) is 64.7 Å². The van der Waals surface area contributed by atoms with E-state index in [0.717, 1.165) is 36.1 Å². The molecule has 0 radical (unpaired) electrons. The van der Waals surface area contributed by atoms with Gasteiger partial charge in [-0.15, -0.1) is 0 Å². The molecule has 1 aliphatic heterocycles. The first-order chi connectivity index (χ1) is 17.1. The standard InChI is InChI=1S/C26H31F2N5O3/c1-15-9-16(2)11-22(10-15)31-26(36)33-8-7-32(25(35)17-12-18(27)14-19(28)13-17)24(33)23(34)30-21-5-3-20(29)4-6-21/h9-14,20-21,24H,3-8,29H2,1-2H3,(H,30,34)(H,31,36). The van der Waals surface area contributed by atoms with Gasteiger partial charge in [0.1, 0.15) is 11.6 Å². The van der Waals surface area contributed by atoms with E-state index in [9.17, 15) is 23.2 Å². The molecule has 1 atom stereocenters. The molecular weight excluding hydrogens is 468 g/mol. The molecule has 1 saturated carbocycles. The van der Waals surface area contributed by atoms with Crippen molar-refractivity contribution in [2.24, 2.45) is 5.73 Å². The molecular formula is C26H31F2N5O3. The highest BCUT2D eigenvalue weighted by molar-refractivity contribution is 6.00. The maximum Gasteiger partial charge on any atom is 0.323 e. The summed E-state index contributed by atoms with van der Waals surface area (Å²) in [4.78, 5) is 42.4. The van der Waals surface area contributed by atoms with Crippen LogP contribution in [0.2, 0.25) is 0 Å². The summed E-state index contributed by atoms with van der Waals surface area (Å²) in [6.07, 6.45) is 1.63. The number of hydrogen-bond donors (Lipinski definition) is 3. The second-order valence-corrected chi connectivity index (χ2v) is 9.65. The number of carbonyl (C=O) groups is 3. The van der Waals surface area contributed by atoms with Gasteiger partial charge in [-0.3, -0.25) is 14.5 Å². The second-order valence-electron chi connectivity index (χ2n) is 9.65. The van der Waals surface area contributed by atoms with Gasteiger partial charge >= 0.3 is 6.03 Å². The van der Waals surface area contributed by atoms with Crippen LogP contribution in [0.15, 0.2) is 36.4 Å². The number of rotatable bonds is 4. The van der Waals surface area contributed by atoms with Gasteiger partial charge < -0.3 is 21.3 Å². The Morgan fingerprint density at radius 1 is 0.861 bits per heavy atom. The highest BCUT2D eigenvalue weighted by Crippen LogP contribution is 2.24. The molecule has 2 aliphatic rings. The zero-order chi connectivity index (χ0) is 26.0. The fourth-order valence-electron chi connectivity index (χ4n) is 4.96. The van der Waals surface area contributed by atoms with Crippen molar-refractivity contribution >= 4 is 23.5 Å². The van der Waals surface area contributed by atoms with Crippen LogP contribution in [0.25, 0.3) is 0 Å². The monoisotopic (exact) mass is 499 g/mol. The third kappa shape index (κ3) is 5.81. The van der Waals surface area contributed by atoms with Crippen LogP contribution < -0.4 is 16.4 Å². The summed E-state index contributed by atoms with van der Waals surface area (Å²) in [5, 5.41) is 5.76. The number of halogens is 2. The Labute approximate surface area is 208 Å². The van der Waals surface area contributed by atoms with E-state index in [2.05, 4.69) is 10.6 Å². The predicted octanol–water partition coefficient (Wildman–Crippen LogP) is 3.28. The second kappa shape index (κ2) is 10.6. The van der Waals surface area contributed by atoms with E-state index in [-0.39, 0.29) is 30.7 Å². The molecule has 1 heterocycles. The van der Waals surface area contributed by atoms with E-state index in [0.29, 0.717) is 24.6 Å². The number of nitrogens with zero attached hydrogens (tertiary/aromatic N) is 2. The van der Waals surface area contributed by atoms with Gasteiger partial charge in [0.2, 0.25) is 0 Å². The molecule has 8 nitrogen and oxygen atoms in total. The molecule has 4 rings (SSSR count). The van der Waals surface area contributed by atoms with Crippen LogP contribution in [0.3, 0.4) is 0 Å². The number of nitrogens with one attached hydrogen (secondary N) is 2. The summed E-state index contributed by atoms with van der Waals surface area (Å²) in [6.45, 7) is 3.92. The highest BCUT2D eigenvalue weighted by Gasteiger charge is 2.43. The van der Waals surface area contributed by atoms with Gasteiger partial charge in [0.25, 0.3) is 11.8 Å². The number of anilines is 1. The van der Waals surface area contributed by atoms with Crippen LogP contribution in [0, 0.1) is 25.5 Å². The number of carbonyl (C=O) groups excluding carboxylic acids is 3. The Kier molecular flexibility index (Phi) is 7.53. The lowest BCUT2D eigenvalue weighted by atomic mass is 9.92. The SMILES string of the molecule is Cc1cc(C)cc(NC(=O)N2CCN(C(=O)c3cc(F)cc(F)c3)C2C(=O)NC2CCC(N)CC2)c1. The molecule has 4 amide bonds. The predicted molar refractivity (Wildman–Crippen MR) is 131 cm³/mol. The zero-order valence-electron chi connectivity index (χ0n) is 20.4. The van der Waals surface area contributed by atoms with Gasteiger partial charge in [0, 0.05) is 42.5 Å². The van der Waals surface area contributed by atoms with Crippen LogP contribution in [0.1, 0.15) is 47.2 Å². The first-order valence-corrected chi connectivity index (χ1v) is 12.1. The summed E-state index contributed by atoms with van der Waals surface area (Å²) < 4.78 is 27.6. The summed E-state index contributed by atoms with van der Waals surface area (Å²) >= 11 is 0. The minimum Gasteiger partial charge on any atom is -0.350 e. The van der Waals surface area contributed by atoms with Crippen LogP contribution in [0.5, 0.6) is 0 Å². The molecule has 2 aromatic rings. The molecule has 0 aromatic heterocycles. The topological polar surface area (TPSA) is 108 Å². The fraction of sp³-hybridized carbons (Fsp3) is 0.423. The van der Waals surface area contributed by atoms with E-state index in [1.54, 1.807) is 12.1 Å². The molecule has 4 N–H and O–H groups in total. The minimum atomic E-state index is -1.27. The summed E-state index contributed by atoms with van der Waals surface area (Å²) in [5.74, 6) is -3.06. The molecule has 2 aromatic carbocycles. The van der Waals surface area contributed by atoms with Crippen molar-refractivity contribution in [3.8, 4) is 0 Å². The van der Waals surface area contributed by atoms with Gasteiger partial charge in [-0.25, -0.2) is 13.6 Å². The maximum atomic E-state index is 13.8. The van der Waals surface area contributed by atoms with Crippen molar-refractivity contribution in [2.75, 3.05) is 18.4 Å². The Hall–Kier alpha value is -3.53. The quantitative estimate of drug-likeness (QED) is 0.600. The molecule has 36 heavy (non-hydrogen) atoms. The first kappa shape index (κ1) is 25.6. The van der Waals surface area contributed by atoms with Crippen LogP contribution >= 0.6 is 0 Å². The normalized spacial score (nSPS) is 21.9. The average Bonchev–Trinajstić information content (AvgIpc) is 3.24. The Morgan fingerprint density at radius 2 is 1.44 bits per heavy atom. The molecule has 0 bridgehead atoms. The van der Waals surface area contributed by atoms with Crippen LogP contribution in [0.4, 0.5) is 19.3 Å². The smallest absolute Gasteiger partial charge is 0.323 e. The van der Waals surface area contributed by atoms with E-state index < -0.39 is 35.6 Å².